The summed E-state index contributed by atoms with van der Waals surface area (Å²) >= 11 is 7.67. The number of halogens is 2. The second-order valence-electron chi connectivity index (χ2n) is 7.87. The Labute approximate surface area is 221 Å². The summed E-state index contributed by atoms with van der Waals surface area (Å²) in [5, 5.41) is 1.04. The van der Waals surface area contributed by atoms with Crippen molar-refractivity contribution in [1.29, 1.82) is 0 Å². The maximum Gasteiger partial charge on any atom is 0.228 e. The number of likely N-dealkylation sites (N-methyl/N-ethyl adjacent to an activating group) is 1. The van der Waals surface area contributed by atoms with E-state index in [2.05, 4.69) is 4.98 Å². The summed E-state index contributed by atoms with van der Waals surface area (Å²) in [5.74, 6) is 0.832. The summed E-state index contributed by atoms with van der Waals surface area (Å²) in [6, 6.07) is 9.71. The predicted octanol–water partition coefficient (Wildman–Crippen LogP) is 4.54. The van der Waals surface area contributed by atoms with Crippen molar-refractivity contribution in [3.05, 3.63) is 41.4 Å². The molecule has 12 heteroatoms. The van der Waals surface area contributed by atoms with Gasteiger partial charge in [0.1, 0.15) is 17.0 Å². The predicted molar refractivity (Wildman–Crippen MR) is 144 cm³/mol. The van der Waals surface area contributed by atoms with Crippen molar-refractivity contribution >= 4 is 66.4 Å². The number of carbonyl (C=O) groups excluding carboxylic acids is 1. The number of rotatable bonds is 11. The highest BCUT2D eigenvalue weighted by Gasteiger charge is 2.23. The molecule has 0 aliphatic rings. The van der Waals surface area contributed by atoms with E-state index in [4.69, 9.17) is 21.1 Å². The molecule has 0 N–H and O–H groups in total. The first-order valence-electron chi connectivity index (χ1n) is 10.6. The number of nitrogens with zero attached hydrogens (tertiary/aromatic N) is 3. The Bertz CT molecular complexity index is 1250. The Kier molecular flexibility index (Phi) is 10.6. The highest BCUT2D eigenvalue weighted by atomic mass is 35.5. The van der Waals surface area contributed by atoms with Crippen LogP contribution in [-0.4, -0.2) is 71.4 Å². The van der Waals surface area contributed by atoms with Gasteiger partial charge < -0.3 is 14.4 Å². The Morgan fingerprint density at radius 3 is 2.34 bits per heavy atom. The van der Waals surface area contributed by atoms with E-state index in [1.807, 2.05) is 19.0 Å². The number of ether oxygens (including phenoxy) is 2. The Morgan fingerprint density at radius 2 is 1.74 bits per heavy atom. The van der Waals surface area contributed by atoms with Crippen LogP contribution in [0.25, 0.3) is 10.2 Å². The van der Waals surface area contributed by atoms with Gasteiger partial charge in [-0.2, -0.15) is 0 Å². The van der Waals surface area contributed by atoms with Crippen LogP contribution < -0.4 is 14.4 Å². The lowest BCUT2D eigenvalue weighted by Crippen LogP contribution is -2.36. The number of carbonyl (C=O) groups is 1. The Balaban J connectivity index is 0.00000432. The van der Waals surface area contributed by atoms with E-state index in [0.29, 0.717) is 40.3 Å². The van der Waals surface area contributed by atoms with Gasteiger partial charge in [-0.15, -0.1) is 12.4 Å². The van der Waals surface area contributed by atoms with Crippen molar-refractivity contribution in [1.82, 2.24) is 9.88 Å². The third kappa shape index (κ3) is 7.20. The molecular weight excluding hydrogens is 533 g/mol. The molecule has 192 valence electrons. The van der Waals surface area contributed by atoms with Crippen LogP contribution in [0.15, 0.2) is 41.3 Å². The molecule has 0 saturated carbocycles. The molecule has 0 spiro atoms. The Morgan fingerprint density at radius 1 is 1.06 bits per heavy atom. The SMILES string of the molecule is COc1ccc(S(=O)(=O)CCCC(=O)N(CCN(C)C)c2nc3c(OC)ccc(Cl)c3s2)cc1.Cl. The summed E-state index contributed by atoms with van der Waals surface area (Å²) in [6.45, 7) is 1.04. The van der Waals surface area contributed by atoms with Gasteiger partial charge >= 0.3 is 0 Å². The highest BCUT2D eigenvalue weighted by molar-refractivity contribution is 7.91. The molecule has 1 amide bonds. The standard InChI is InChI=1S/C23H28ClN3O5S2.ClH/c1-26(2)13-14-27(23-25-21-19(32-4)12-11-18(24)22(21)33-23)20(28)6-5-15-34(29,30)17-9-7-16(31-3)8-10-17;/h7-12H,5-6,13-15H2,1-4H3;1H. The van der Waals surface area contributed by atoms with Gasteiger partial charge in [0.2, 0.25) is 5.91 Å². The van der Waals surface area contributed by atoms with Gasteiger partial charge in [0, 0.05) is 19.5 Å². The average Bonchev–Trinajstić information content (AvgIpc) is 3.25. The number of hydrogen-bond donors (Lipinski definition) is 0. The van der Waals surface area contributed by atoms with Crippen LogP contribution in [-0.2, 0) is 14.6 Å². The molecule has 0 unspecified atom stereocenters. The second-order valence-corrected chi connectivity index (χ2v) is 11.4. The summed E-state index contributed by atoms with van der Waals surface area (Å²) in [4.78, 5) is 21.6. The van der Waals surface area contributed by atoms with E-state index in [0.717, 1.165) is 4.70 Å². The molecule has 0 aliphatic heterocycles. The van der Waals surface area contributed by atoms with Crippen molar-refractivity contribution < 1.29 is 22.7 Å². The number of amides is 1. The number of anilines is 1. The minimum atomic E-state index is -3.51. The summed E-state index contributed by atoms with van der Waals surface area (Å²) in [6.07, 6.45) is 0.268. The molecule has 8 nitrogen and oxygen atoms in total. The Hall–Kier alpha value is -2.11. The number of thiazole rings is 1. The van der Waals surface area contributed by atoms with Crippen molar-refractivity contribution in [2.75, 3.05) is 52.1 Å². The first kappa shape index (κ1) is 29.1. The van der Waals surface area contributed by atoms with Crippen molar-refractivity contribution in [2.24, 2.45) is 0 Å². The maximum absolute atomic E-state index is 13.2. The molecule has 0 atom stereocenters. The van der Waals surface area contributed by atoms with Crippen LogP contribution in [0.2, 0.25) is 5.02 Å². The first-order chi connectivity index (χ1) is 16.2. The van der Waals surface area contributed by atoms with Gasteiger partial charge in [-0.05, 0) is 56.9 Å². The van der Waals surface area contributed by atoms with Crippen LogP contribution >= 0.6 is 35.3 Å². The van der Waals surface area contributed by atoms with Crippen molar-refractivity contribution in [3.63, 3.8) is 0 Å². The number of aromatic nitrogens is 1. The van der Waals surface area contributed by atoms with Gasteiger partial charge in [-0.25, -0.2) is 13.4 Å². The summed E-state index contributed by atoms with van der Waals surface area (Å²) in [5.41, 5.74) is 0.597. The van der Waals surface area contributed by atoms with E-state index in [9.17, 15) is 13.2 Å². The van der Waals surface area contributed by atoms with Gasteiger partial charge in [-0.3, -0.25) is 9.69 Å². The molecule has 35 heavy (non-hydrogen) atoms. The largest absolute Gasteiger partial charge is 0.497 e. The van der Waals surface area contributed by atoms with E-state index in [1.165, 1.54) is 30.6 Å². The van der Waals surface area contributed by atoms with Crippen LogP contribution in [0.3, 0.4) is 0 Å². The van der Waals surface area contributed by atoms with E-state index >= 15 is 0 Å². The van der Waals surface area contributed by atoms with Crippen molar-refractivity contribution in [3.8, 4) is 11.5 Å². The zero-order valence-corrected chi connectivity index (χ0v) is 23.2. The monoisotopic (exact) mass is 561 g/mol. The van der Waals surface area contributed by atoms with E-state index in [-0.39, 0.29) is 41.8 Å². The second kappa shape index (κ2) is 12.7. The summed E-state index contributed by atoms with van der Waals surface area (Å²) in [7, 11) is 3.40. The van der Waals surface area contributed by atoms with E-state index < -0.39 is 9.84 Å². The lowest BCUT2D eigenvalue weighted by atomic mass is 10.3. The molecule has 1 aromatic heterocycles. The van der Waals surface area contributed by atoms with Crippen LogP contribution in [0.5, 0.6) is 11.5 Å². The van der Waals surface area contributed by atoms with Crippen LogP contribution in [0.1, 0.15) is 12.8 Å². The molecule has 0 aliphatic carbocycles. The van der Waals surface area contributed by atoms with Crippen LogP contribution in [0.4, 0.5) is 5.13 Å². The smallest absolute Gasteiger partial charge is 0.228 e. The third-order valence-corrected chi connectivity index (χ3v) is 8.55. The molecule has 0 fully saturated rings. The average molecular weight is 563 g/mol. The van der Waals surface area contributed by atoms with E-state index in [1.54, 1.807) is 36.3 Å². The minimum Gasteiger partial charge on any atom is -0.497 e. The fourth-order valence-electron chi connectivity index (χ4n) is 3.30. The number of sulfone groups is 1. The fourth-order valence-corrected chi connectivity index (χ4v) is 5.91. The lowest BCUT2D eigenvalue weighted by Gasteiger charge is -2.22. The zero-order valence-electron chi connectivity index (χ0n) is 20.0. The molecule has 2 aromatic carbocycles. The normalized spacial score (nSPS) is 11.4. The molecule has 0 bridgehead atoms. The molecule has 1 heterocycles. The summed E-state index contributed by atoms with van der Waals surface area (Å²) < 4.78 is 36.6. The van der Waals surface area contributed by atoms with Gasteiger partial charge in [0.05, 0.1) is 34.6 Å². The minimum absolute atomic E-state index is 0. The highest BCUT2D eigenvalue weighted by Crippen LogP contribution is 2.38. The maximum atomic E-state index is 13.2. The third-order valence-electron chi connectivity index (χ3n) is 5.19. The van der Waals surface area contributed by atoms with Gasteiger partial charge in [0.15, 0.2) is 15.0 Å². The molecular formula is C23H29Cl2N3O5S2. The molecule has 0 radical (unpaired) electrons. The number of fused-ring (bicyclic) bond motifs is 1. The number of methoxy groups -OCH3 is 2. The number of benzene rings is 2. The molecule has 0 saturated heterocycles. The van der Waals surface area contributed by atoms with Gasteiger partial charge in [-0.1, -0.05) is 22.9 Å². The fraction of sp³-hybridized carbons (Fsp3) is 0.391. The van der Waals surface area contributed by atoms with Gasteiger partial charge in [0.25, 0.3) is 0 Å². The lowest BCUT2D eigenvalue weighted by molar-refractivity contribution is -0.118. The first-order valence-corrected chi connectivity index (χ1v) is 13.5. The number of hydrogen-bond acceptors (Lipinski definition) is 8. The van der Waals surface area contributed by atoms with Crippen molar-refractivity contribution in [2.45, 2.75) is 17.7 Å². The zero-order chi connectivity index (χ0) is 24.9. The molecule has 3 rings (SSSR count). The quantitative estimate of drug-likeness (QED) is 0.339. The molecule has 3 aromatic rings. The topological polar surface area (TPSA) is 89.0 Å². The van der Waals surface area contributed by atoms with Crippen LogP contribution in [0, 0.1) is 0 Å².